The smallest absolute Gasteiger partial charge is 0.332 e. The van der Waals surface area contributed by atoms with Crippen molar-refractivity contribution in [1.82, 2.24) is 0 Å². The summed E-state index contributed by atoms with van der Waals surface area (Å²) in [4.78, 5) is 0. The van der Waals surface area contributed by atoms with Gasteiger partial charge in [0.2, 0.25) is 0 Å². The van der Waals surface area contributed by atoms with Crippen molar-refractivity contribution in [3.63, 3.8) is 0 Å². The van der Waals surface area contributed by atoms with Crippen LogP contribution in [0.2, 0.25) is 0 Å². The summed E-state index contributed by atoms with van der Waals surface area (Å²) in [5.74, 6) is -4.27. The Bertz CT molecular complexity index is 115. The van der Waals surface area contributed by atoms with E-state index in [-0.39, 0.29) is 6.42 Å². The number of hydrogen-bond acceptors (Lipinski definition) is 1. The zero-order valence-corrected chi connectivity index (χ0v) is 6.03. The van der Waals surface area contributed by atoms with Gasteiger partial charge in [-0.25, -0.2) is 8.78 Å². The van der Waals surface area contributed by atoms with E-state index < -0.39 is 24.9 Å². The van der Waals surface area contributed by atoms with Gasteiger partial charge in [0.1, 0.15) is 0 Å². The highest BCUT2D eigenvalue weighted by molar-refractivity contribution is 4.78. The first-order chi connectivity index (χ1) is 4.92. The van der Waals surface area contributed by atoms with Crippen LogP contribution in [-0.2, 0) is 0 Å². The van der Waals surface area contributed by atoms with Gasteiger partial charge in [0, 0.05) is 0 Å². The molecule has 0 bridgehead atoms. The van der Waals surface area contributed by atoms with E-state index in [2.05, 4.69) is 0 Å². The number of aliphatic hydroxyl groups excluding tert-OH is 1. The Morgan fingerprint density at radius 1 is 1.36 bits per heavy atom. The van der Waals surface area contributed by atoms with Crippen molar-refractivity contribution in [3.05, 3.63) is 0 Å². The molecule has 11 heavy (non-hydrogen) atoms. The average molecular weight is 174 g/mol. The quantitative estimate of drug-likeness (QED) is 0.646. The number of rotatable bonds is 4. The largest absolute Gasteiger partial charge is 0.359 e. The van der Waals surface area contributed by atoms with Crippen LogP contribution >= 0.6 is 0 Å². The molecule has 0 rings (SSSR count). The Labute approximate surface area is 62.0 Å². The molecule has 0 spiro atoms. The molecule has 1 nitrogen and oxygen atoms in total. The molecule has 0 saturated heterocycles. The van der Waals surface area contributed by atoms with Gasteiger partial charge in [-0.2, -0.15) is 8.78 Å². The third kappa shape index (κ3) is 2.65. The molecule has 0 aliphatic rings. The molecule has 1 N–H and O–H groups in total. The lowest BCUT2D eigenvalue weighted by molar-refractivity contribution is -0.203. The fourth-order valence-electron chi connectivity index (χ4n) is 0.595. The maximum absolute atomic E-state index is 12.3. The normalized spacial score (nSPS) is 18.0. The summed E-state index contributed by atoms with van der Waals surface area (Å²) in [5, 5.41) is 7.82. The molecular weight excluding hydrogens is 164 g/mol. The molecule has 0 aliphatic carbocycles. The van der Waals surface area contributed by atoms with Gasteiger partial charge in [0.05, 0.1) is 0 Å². The minimum absolute atomic E-state index is 0.184. The van der Waals surface area contributed by atoms with Crippen molar-refractivity contribution in [1.29, 1.82) is 0 Å². The van der Waals surface area contributed by atoms with Crippen LogP contribution in [0.5, 0.6) is 0 Å². The van der Waals surface area contributed by atoms with Crippen molar-refractivity contribution in [2.45, 2.75) is 38.2 Å². The van der Waals surface area contributed by atoms with Crippen molar-refractivity contribution in [2.75, 3.05) is 0 Å². The third-order valence-electron chi connectivity index (χ3n) is 1.28. The molecular formula is C6H10F4O. The molecule has 0 aromatic carbocycles. The maximum Gasteiger partial charge on any atom is 0.332 e. The highest BCUT2D eigenvalue weighted by Gasteiger charge is 2.47. The predicted molar refractivity (Wildman–Crippen MR) is 31.9 cm³/mol. The highest BCUT2D eigenvalue weighted by Crippen LogP contribution is 2.29. The molecule has 0 aromatic heterocycles. The molecule has 68 valence electrons. The van der Waals surface area contributed by atoms with Crippen LogP contribution in [0.3, 0.4) is 0 Å². The van der Waals surface area contributed by atoms with Gasteiger partial charge in [-0.15, -0.1) is 0 Å². The second kappa shape index (κ2) is 3.90. The Balaban J connectivity index is 4.05. The van der Waals surface area contributed by atoms with E-state index in [1.165, 1.54) is 6.92 Å². The predicted octanol–water partition coefficient (Wildman–Crippen LogP) is 2.05. The molecule has 0 aliphatic heterocycles. The first kappa shape index (κ1) is 10.7. The van der Waals surface area contributed by atoms with E-state index in [0.29, 0.717) is 0 Å². The highest BCUT2D eigenvalue weighted by atomic mass is 19.3. The summed E-state index contributed by atoms with van der Waals surface area (Å²) in [6.45, 7) is 1.49. The first-order valence-corrected chi connectivity index (χ1v) is 3.27. The van der Waals surface area contributed by atoms with Gasteiger partial charge >= 0.3 is 5.92 Å². The maximum atomic E-state index is 12.3. The summed E-state index contributed by atoms with van der Waals surface area (Å²) in [6.07, 6.45) is -6.28. The van der Waals surface area contributed by atoms with E-state index in [1.54, 1.807) is 0 Å². The summed E-state index contributed by atoms with van der Waals surface area (Å²) < 4.78 is 48.2. The number of halogens is 4. The SMILES string of the molecule is CCCC(F)C(F)(F)C(O)F. The lowest BCUT2D eigenvalue weighted by atomic mass is 10.1. The van der Waals surface area contributed by atoms with E-state index in [4.69, 9.17) is 5.11 Å². The number of aliphatic hydroxyl groups is 1. The van der Waals surface area contributed by atoms with Crippen LogP contribution in [0.1, 0.15) is 19.8 Å². The summed E-state index contributed by atoms with van der Waals surface area (Å²) in [7, 11) is 0. The molecule has 2 atom stereocenters. The van der Waals surface area contributed by atoms with E-state index in [1.807, 2.05) is 0 Å². The molecule has 0 radical (unpaired) electrons. The van der Waals surface area contributed by atoms with Gasteiger partial charge in [-0.1, -0.05) is 13.3 Å². The molecule has 0 amide bonds. The fourth-order valence-corrected chi connectivity index (χ4v) is 0.595. The van der Waals surface area contributed by atoms with Gasteiger partial charge in [-0.3, -0.25) is 0 Å². The van der Waals surface area contributed by atoms with E-state index in [0.717, 1.165) is 0 Å². The second-order valence-corrected chi connectivity index (χ2v) is 2.27. The molecule has 0 aromatic rings. The Morgan fingerprint density at radius 3 is 2.09 bits per heavy atom. The van der Waals surface area contributed by atoms with Gasteiger partial charge < -0.3 is 5.11 Å². The average Bonchev–Trinajstić information content (AvgIpc) is 1.88. The van der Waals surface area contributed by atoms with Gasteiger partial charge in [-0.05, 0) is 6.42 Å². The Hall–Kier alpha value is -0.320. The van der Waals surface area contributed by atoms with E-state index >= 15 is 0 Å². The number of hydrogen-bond donors (Lipinski definition) is 1. The van der Waals surface area contributed by atoms with Crippen LogP contribution in [0.25, 0.3) is 0 Å². The Kier molecular flexibility index (Phi) is 3.78. The molecule has 5 heteroatoms. The van der Waals surface area contributed by atoms with Crippen LogP contribution in [0.4, 0.5) is 17.6 Å². The minimum Gasteiger partial charge on any atom is -0.359 e. The summed E-state index contributed by atoms with van der Waals surface area (Å²) in [6, 6.07) is 0. The minimum atomic E-state index is -4.27. The fraction of sp³-hybridized carbons (Fsp3) is 1.00. The van der Waals surface area contributed by atoms with Crippen molar-refractivity contribution in [3.8, 4) is 0 Å². The zero-order chi connectivity index (χ0) is 9.07. The monoisotopic (exact) mass is 174 g/mol. The number of alkyl halides is 4. The lowest BCUT2D eigenvalue weighted by Gasteiger charge is -2.19. The molecule has 0 fully saturated rings. The van der Waals surface area contributed by atoms with Gasteiger partial charge in [0.15, 0.2) is 6.17 Å². The van der Waals surface area contributed by atoms with Crippen LogP contribution < -0.4 is 0 Å². The van der Waals surface area contributed by atoms with Gasteiger partial charge in [0.25, 0.3) is 6.36 Å². The topological polar surface area (TPSA) is 20.2 Å². The Morgan fingerprint density at radius 2 is 1.82 bits per heavy atom. The van der Waals surface area contributed by atoms with Crippen molar-refractivity contribution in [2.24, 2.45) is 0 Å². The zero-order valence-electron chi connectivity index (χ0n) is 6.03. The molecule has 0 heterocycles. The van der Waals surface area contributed by atoms with Crippen LogP contribution in [-0.4, -0.2) is 23.6 Å². The molecule has 2 unspecified atom stereocenters. The van der Waals surface area contributed by atoms with Crippen LogP contribution in [0, 0.1) is 0 Å². The summed E-state index contributed by atoms with van der Waals surface area (Å²) >= 11 is 0. The van der Waals surface area contributed by atoms with E-state index in [9.17, 15) is 17.6 Å². The lowest BCUT2D eigenvalue weighted by Crippen LogP contribution is -2.39. The second-order valence-electron chi connectivity index (χ2n) is 2.27. The first-order valence-electron chi connectivity index (χ1n) is 3.27. The van der Waals surface area contributed by atoms with Crippen molar-refractivity contribution < 1.29 is 22.7 Å². The standard InChI is InChI=1S/C6H10F4O/c1-2-3-4(7)6(9,10)5(8)11/h4-5,11H,2-3H2,1H3. The third-order valence-corrected chi connectivity index (χ3v) is 1.28. The summed E-state index contributed by atoms with van der Waals surface area (Å²) in [5.41, 5.74) is 0. The van der Waals surface area contributed by atoms with Crippen molar-refractivity contribution >= 4 is 0 Å². The molecule has 0 saturated carbocycles. The van der Waals surface area contributed by atoms with Crippen LogP contribution in [0.15, 0.2) is 0 Å².